The molecular formula is C10H12BrN. The van der Waals surface area contributed by atoms with E-state index in [1.165, 1.54) is 18.7 Å². The predicted molar refractivity (Wildman–Crippen MR) is 54.6 cm³/mol. The molecule has 1 saturated heterocycles. The van der Waals surface area contributed by atoms with E-state index < -0.39 is 0 Å². The molecule has 1 aliphatic heterocycles. The minimum Gasteiger partial charge on any atom is -0.292 e. The van der Waals surface area contributed by atoms with Crippen molar-refractivity contribution in [3.8, 4) is 0 Å². The lowest BCUT2D eigenvalue weighted by atomic mass is 10.2. The maximum absolute atomic E-state index is 3.45. The quantitative estimate of drug-likeness (QED) is 0.565. The van der Waals surface area contributed by atoms with Gasteiger partial charge in [0.1, 0.15) is 0 Å². The normalized spacial score (nSPS) is 27.1. The number of hydrogen-bond acceptors (Lipinski definition) is 1. The zero-order chi connectivity index (χ0) is 8.39. The van der Waals surface area contributed by atoms with E-state index in [1.54, 1.807) is 0 Å². The molecule has 0 N–H and O–H groups in total. The molecule has 0 saturated carbocycles. The molecule has 0 radical (unpaired) electrons. The van der Waals surface area contributed by atoms with Gasteiger partial charge in [0, 0.05) is 24.5 Å². The zero-order valence-corrected chi connectivity index (χ0v) is 8.50. The largest absolute Gasteiger partial charge is 0.292 e. The average molecular weight is 226 g/mol. The highest BCUT2D eigenvalue weighted by atomic mass is 79.9. The molecule has 64 valence electrons. The maximum atomic E-state index is 3.45. The highest BCUT2D eigenvalue weighted by molar-refractivity contribution is 9.09. The Bertz CT molecular complexity index is 247. The summed E-state index contributed by atoms with van der Waals surface area (Å²) in [4.78, 5) is 2.46. The first kappa shape index (κ1) is 8.27. The molecule has 0 aliphatic carbocycles. The minimum atomic E-state index is 0.698. The van der Waals surface area contributed by atoms with Crippen LogP contribution in [0.15, 0.2) is 30.3 Å². The number of nitrogens with zero attached hydrogens (tertiary/aromatic N) is 1. The molecule has 0 spiro atoms. The molecule has 1 heterocycles. The Morgan fingerprint density at radius 2 is 2.08 bits per heavy atom. The molecule has 1 fully saturated rings. The van der Waals surface area contributed by atoms with Crippen LogP contribution < -0.4 is 0 Å². The van der Waals surface area contributed by atoms with Crippen LogP contribution in [-0.4, -0.2) is 23.3 Å². The third-order valence-corrected chi connectivity index (χ3v) is 2.63. The number of rotatable bonds is 3. The highest BCUT2D eigenvalue weighted by Crippen LogP contribution is 2.33. The molecule has 0 amide bonds. The molecular weight excluding hydrogens is 214 g/mol. The first-order valence-electron chi connectivity index (χ1n) is 4.27. The van der Waals surface area contributed by atoms with E-state index in [-0.39, 0.29) is 0 Å². The predicted octanol–water partition coefficient (Wildman–Crippen LogP) is 2.44. The Labute approximate surface area is 81.5 Å². The maximum Gasteiger partial charge on any atom is 0.0476 e. The molecule has 0 aromatic heterocycles. The van der Waals surface area contributed by atoms with Crippen molar-refractivity contribution in [1.29, 1.82) is 0 Å². The summed E-state index contributed by atoms with van der Waals surface area (Å²) in [6.07, 6.45) is 0. The van der Waals surface area contributed by atoms with Crippen molar-refractivity contribution in [2.75, 3.05) is 18.4 Å². The van der Waals surface area contributed by atoms with Gasteiger partial charge in [0.15, 0.2) is 0 Å². The molecule has 1 nitrogen and oxygen atoms in total. The highest BCUT2D eigenvalue weighted by Gasteiger charge is 2.33. The van der Waals surface area contributed by atoms with Gasteiger partial charge in [-0.25, -0.2) is 0 Å². The standard InChI is InChI=1S/C10H12BrN/c11-6-7-12-8-10(12)9-4-2-1-3-5-9/h1-5,10H,6-8H2. The van der Waals surface area contributed by atoms with E-state index in [0.29, 0.717) is 6.04 Å². The lowest BCUT2D eigenvalue weighted by Crippen LogP contribution is -2.01. The fourth-order valence-corrected chi connectivity index (χ4v) is 1.98. The van der Waals surface area contributed by atoms with Crippen LogP contribution in [0.2, 0.25) is 0 Å². The third-order valence-electron chi connectivity index (χ3n) is 2.27. The lowest BCUT2D eigenvalue weighted by Gasteiger charge is -1.99. The Morgan fingerprint density at radius 1 is 1.33 bits per heavy atom. The monoisotopic (exact) mass is 225 g/mol. The molecule has 12 heavy (non-hydrogen) atoms. The summed E-state index contributed by atoms with van der Waals surface area (Å²) in [7, 11) is 0. The smallest absolute Gasteiger partial charge is 0.0476 e. The third kappa shape index (κ3) is 1.70. The van der Waals surface area contributed by atoms with Crippen LogP contribution in [0, 0.1) is 0 Å². The van der Waals surface area contributed by atoms with Crippen LogP contribution in [-0.2, 0) is 0 Å². The van der Waals surface area contributed by atoms with E-state index in [4.69, 9.17) is 0 Å². The summed E-state index contributed by atoms with van der Waals surface area (Å²) >= 11 is 3.45. The van der Waals surface area contributed by atoms with Crippen molar-refractivity contribution in [1.82, 2.24) is 4.90 Å². The Balaban J connectivity index is 1.97. The average Bonchev–Trinajstić information content (AvgIpc) is 2.87. The van der Waals surface area contributed by atoms with Crippen molar-refractivity contribution in [2.24, 2.45) is 0 Å². The number of hydrogen-bond donors (Lipinski definition) is 0. The molecule has 2 heteroatoms. The van der Waals surface area contributed by atoms with Crippen molar-refractivity contribution < 1.29 is 0 Å². The van der Waals surface area contributed by atoms with E-state index in [2.05, 4.69) is 51.2 Å². The van der Waals surface area contributed by atoms with E-state index >= 15 is 0 Å². The Hall–Kier alpha value is -0.340. The van der Waals surface area contributed by atoms with Gasteiger partial charge in [0.25, 0.3) is 0 Å². The van der Waals surface area contributed by atoms with Gasteiger partial charge in [-0.2, -0.15) is 0 Å². The van der Waals surface area contributed by atoms with Crippen molar-refractivity contribution in [2.45, 2.75) is 6.04 Å². The molecule has 0 bridgehead atoms. The van der Waals surface area contributed by atoms with Gasteiger partial charge in [0.05, 0.1) is 0 Å². The fourth-order valence-electron chi connectivity index (χ4n) is 1.52. The van der Waals surface area contributed by atoms with Gasteiger partial charge in [0.2, 0.25) is 0 Å². The minimum absolute atomic E-state index is 0.698. The van der Waals surface area contributed by atoms with Crippen LogP contribution in [0.3, 0.4) is 0 Å². The first-order valence-corrected chi connectivity index (χ1v) is 5.39. The molecule has 2 atom stereocenters. The first-order chi connectivity index (χ1) is 5.92. The summed E-state index contributed by atoms with van der Waals surface area (Å²) in [5, 5.41) is 1.08. The van der Waals surface area contributed by atoms with Crippen molar-refractivity contribution >= 4 is 15.9 Å². The zero-order valence-electron chi connectivity index (χ0n) is 6.91. The molecule has 2 rings (SSSR count). The number of benzene rings is 1. The number of alkyl halides is 1. The summed E-state index contributed by atoms with van der Waals surface area (Å²) in [5.41, 5.74) is 1.46. The van der Waals surface area contributed by atoms with Crippen LogP contribution in [0.5, 0.6) is 0 Å². The van der Waals surface area contributed by atoms with Gasteiger partial charge in [-0.1, -0.05) is 46.3 Å². The van der Waals surface area contributed by atoms with Crippen LogP contribution in [0.1, 0.15) is 11.6 Å². The van der Waals surface area contributed by atoms with Crippen LogP contribution in [0.4, 0.5) is 0 Å². The molecule has 1 aromatic carbocycles. The second-order valence-corrected chi connectivity index (χ2v) is 3.90. The van der Waals surface area contributed by atoms with E-state index in [1.807, 2.05) is 0 Å². The Kier molecular flexibility index (Phi) is 2.47. The van der Waals surface area contributed by atoms with Gasteiger partial charge in [-0.15, -0.1) is 0 Å². The summed E-state index contributed by atoms with van der Waals surface area (Å²) in [5.74, 6) is 0. The topological polar surface area (TPSA) is 3.01 Å². The second-order valence-electron chi connectivity index (χ2n) is 3.11. The van der Waals surface area contributed by atoms with Crippen LogP contribution >= 0.6 is 15.9 Å². The summed E-state index contributed by atoms with van der Waals surface area (Å²) in [6.45, 7) is 2.40. The van der Waals surface area contributed by atoms with E-state index in [0.717, 1.165) is 5.33 Å². The van der Waals surface area contributed by atoms with Crippen molar-refractivity contribution in [3.63, 3.8) is 0 Å². The van der Waals surface area contributed by atoms with Gasteiger partial charge in [-0.05, 0) is 5.56 Å². The van der Waals surface area contributed by atoms with Crippen LogP contribution in [0.25, 0.3) is 0 Å². The molecule has 1 aliphatic rings. The van der Waals surface area contributed by atoms with Gasteiger partial charge >= 0.3 is 0 Å². The molecule has 1 aromatic rings. The SMILES string of the molecule is BrCCN1CC1c1ccccc1. The molecule has 2 unspecified atom stereocenters. The van der Waals surface area contributed by atoms with Crippen molar-refractivity contribution in [3.05, 3.63) is 35.9 Å². The summed E-state index contributed by atoms with van der Waals surface area (Å²) in [6, 6.07) is 11.4. The lowest BCUT2D eigenvalue weighted by molar-refractivity contribution is 0.550. The van der Waals surface area contributed by atoms with Gasteiger partial charge in [-0.3, -0.25) is 4.90 Å². The number of halogens is 1. The van der Waals surface area contributed by atoms with Gasteiger partial charge < -0.3 is 0 Å². The fraction of sp³-hybridized carbons (Fsp3) is 0.400. The summed E-state index contributed by atoms with van der Waals surface area (Å²) < 4.78 is 0. The van der Waals surface area contributed by atoms with E-state index in [9.17, 15) is 0 Å². The second kappa shape index (κ2) is 3.58. The Morgan fingerprint density at radius 3 is 2.75 bits per heavy atom.